The summed E-state index contributed by atoms with van der Waals surface area (Å²) in [4.78, 5) is 12.3. The smallest absolute Gasteiger partial charge is 0.143 e. The lowest BCUT2D eigenvalue weighted by Gasteiger charge is -2.12. The summed E-state index contributed by atoms with van der Waals surface area (Å²) in [5.74, 6) is 0.906. The van der Waals surface area contributed by atoms with Gasteiger partial charge in [-0.05, 0) is 50.3 Å². The van der Waals surface area contributed by atoms with Crippen molar-refractivity contribution in [1.82, 2.24) is 15.0 Å². The van der Waals surface area contributed by atoms with Gasteiger partial charge in [-0.2, -0.15) is 0 Å². The summed E-state index contributed by atoms with van der Waals surface area (Å²) in [6.07, 6.45) is 6.37. The first-order chi connectivity index (χ1) is 10.3. The second kappa shape index (κ2) is 4.88. The molecule has 3 aromatic rings. The van der Waals surface area contributed by atoms with Crippen molar-refractivity contribution in [2.75, 3.05) is 5.32 Å². The van der Waals surface area contributed by atoms with Crippen molar-refractivity contribution < 1.29 is 0 Å². The fourth-order valence-corrected chi connectivity index (χ4v) is 3.10. The van der Waals surface area contributed by atoms with Crippen molar-refractivity contribution in [3.8, 4) is 0 Å². The monoisotopic (exact) mass is 278 g/mol. The maximum atomic E-state index is 4.46. The first-order valence-corrected chi connectivity index (χ1v) is 7.49. The number of benzene rings is 1. The third-order valence-corrected chi connectivity index (χ3v) is 4.20. The van der Waals surface area contributed by atoms with E-state index in [4.69, 9.17) is 0 Å². The van der Waals surface area contributed by atoms with E-state index >= 15 is 0 Å². The maximum Gasteiger partial charge on any atom is 0.143 e. The number of rotatable bonds is 2. The molecule has 1 aromatic carbocycles. The number of aryl methyl sites for hydroxylation is 3. The van der Waals surface area contributed by atoms with E-state index in [1.54, 1.807) is 6.33 Å². The lowest BCUT2D eigenvalue weighted by Crippen LogP contribution is -2.01. The normalized spacial score (nSPS) is 14.1. The van der Waals surface area contributed by atoms with E-state index in [1.165, 1.54) is 29.7 Å². The number of hydrogen-bond donors (Lipinski definition) is 2. The van der Waals surface area contributed by atoms with E-state index in [2.05, 4.69) is 51.5 Å². The molecule has 4 rings (SSSR count). The molecule has 0 saturated carbocycles. The van der Waals surface area contributed by atoms with Gasteiger partial charge in [-0.1, -0.05) is 17.7 Å². The van der Waals surface area contributed by atoms with E-state index in [1.807, 2.05) is 0 Å². The summed E-state index contributed by atoms with van der Waals surface area (Å²) >= 11 is 0. The van der Waals surface area contributed by atoms with Crippen LogP contribution in [0, 0.1) is 6.92 Å². The summed E-state index contributed by atoms with van der Waals surface area (Å²) in [5.41, 5.74) is 6.00. The van der Waals surface area contributed by atoms with Crippen LogP contribution in [0.4, 0.5) is 11.5 Å². The topological polar surface area (TPSA) is 53.6 Å². The van der Waals surface area contributed by atoms with E-state index in [0.717, 1.165) is 35.4 Å². The van der Waals surface area contributed by atoms with Crippen molar-refractivity contribution in [3.05, 3.63) is 47.4 Å². The third kappa shape index (κ3) is 2.17. The molecule has 0 radical (unpaired) electrons. The molecule has 4 nitrogen and oxygen atoms in total. The van der Waals surface area contributed by atoms with Crippen LogP contribution in [0.3, 0.4) is 0 Å². The van der Waals surface area contributed by atoms with Crippen LogP contribution in [0.25, 0.3) is 11.0 Å². The Balaban J connectivity index is 1.81. The maximum absolute atomic E-state index is 4.46. The van der Waals surface area contributed by atoms with Gasteiger partial charge in [0, 0.05) is 11.4 Å². The number of aromatic amines is 1. The van der Waals surface area contributed by atoms with E-state index < -0.39 is 0 Å². The van der Waals surface area contributed by atoms with Crippen LogP contribution in [0.5, 0.6) is 0 Å². The minimum Gasteiger partial charge on any atom is -0.343 e. The van der Waals surface area contributed by atoms with E-state index in [-0.39, 0.29) is 0 Å². The number of anilines is 2. The molecule has 0 atom stereocenters. The van der Waals surface area contributed by atoms with Gasteiger partial charge in [0.05, 0.1) is 5.39 Å². The van der Waals surface area contributed by atoms with Crippen LogP contribution in [-0.4, -0.2) is 15.0 Å². The molecule has 0 spiro atoms. The molecule has 0 unspecified atom stereocenters. The number of aromatic nitrogens is 3. The number of hydrogen-bond acceptors (Lipinski definition) is 3. The predicted octanol–water partition coefficient (Wildman–Crippen LogP) is 3.89. The molecule has 1 aliphatic carbocycles. The third-order valence-electron chi connectivity index (χ3n) is 4.20. The molecule has 21 heavy (non-hydrogen) atoms. The number of fused-ring (bicyclic) bond motifs is 3. The van der Waals surface area contributed by atoms with Crippen molar-refractivity contribution in [2.24, 2.45) is 0 Å². The fourth-order valence-electron chi connectivity index (χ4n) is 3.10. The van der Waals surface area contributed by atoms with Gasteiger partial charge in [0.1, 0.15) is 17.8 Å². The first-order valence-electron chi connectivity index (χ1n) is 7.49. The molecule has 106 valence electrons. The molecule has 0 bridgehead atoms. The van der Waals surface area contributed by atoms with Crippen molar-refractivity contribution in [1.29, 1.82) is 0 Å². The van der Waals surface area contributed by atoms with Crippen molar-refractivity contribution in [3.63, 3.8) is 0 Å². The summed E-state index contributed by atoms with van der Waals surface area (Å²) in [5, 5.41) is 4.60. The molecule has 4 heteroatoms. The second-order valence-electron chi connectivity index (χ2n) is 5.73. The van der Waals surface area contributed by atoms with Gasteiger partial charge in [0.25, 0.3) is 0 Å². The summed E-state index contributed by atoms with van der Waals surface area (Å²) in [6, 6.07) is 8.38. The average Bonchev–Trinajstić information content (AvgIpc) is 2.89. The lowest BCUT2D eigenvalue weighted by atomic mass is 9.96. The van der Waals surface area contributed by atoms with Gasteiger partial charge in [-0.15, -0.1) is 0 Å². The van der Waals surface area contributed by atoms with Crippen LogP contribution in [0.2, 0.25) is 0 Å². The Labute approximate surface area is 123 Å². The molecule has 2 heterocycles. The Kier molecular flexibility index (Phi) is 2.88. The zero-order chi connectivity index (χ0) is 14.2. The van der Waals surface area contributed by atoms with Gasteiger partial charge in [0.2, 0.25) is 0 Å². The summed E-state index contributed by atoms with van der Waals surface area (Å²) in [7, 11) is 0. The molecular formula is C17H18N4. The first kappa shape index (κ1) is 12.4. The van der Waals surface area contributed by atoms with Crippen molar-refractivity contribution >= 4 is 22.5 Å². The molecule has 2 aromatic heterocycles. The molecule has 0 fully saturated rings. The molecule has 0 amide bonds. The fraction of sp³-hybridized carbons (Fsp3) is 0.294. The number of H-pyrrole nitrogens is 1. The van der Waals surface area contributed by atoms with Crippen LogP contribution in [0.15, 0.2) is 30.6 Å². The standard InChI is InChI=1S/C17H18N4/c1-11-6-8-12(9-7-11)20-16-15-13-4-2-3-5-14(13)21-17(15)19-10-18-16/h6-10H,2-5H2,1H3,(H2,18,19,20,21). The highest BCUT2D eigenvalue weighted by molar-refractivity contribution is 5.93. The minimum absolute atomic E-state index is 0.906. The quantitative estimate of drug-likeness (QED) is 0.747. The zero-order valence-corrected chi connectivity index (χ0v) is 12.1. The summed E-state index contributed by atoms with van der Waals surface area (Å²) in [6.45, 7) is 2.09. The van der Waals surface area contributed by atoms with Crippen LogP contribution in [-0.2, 0) is 12.8 Å². The predicted molar refractivity (Wildman–Crippen MR) is 85.0 cm³/mol. The highest BCUT2D eigenvalue weighted by atomic mass is 15.0. The van der Waals surface area contributed by atoms with Crippen LogP contribution in [0.1, 0.15) is 29.7 Å². The van der Waals surface area contributed by atoms with Gasteiger partial charge in [0.15, 0.2) is 0 Å². The SMILES string of the molecule is Cc1ccc(Nc2ncnc3[nH]c4c(c23)CCCC4)cc1. The summed E-state index contributed by atoms with van der Waals surface area (Å²) < 4.78 is 0. The Morgan fingerprint density at radius 1 is 1.05 bits per heavy atom. The molecule has 2 N–H and O–H groups in total. The number of nitrogens with one attached hydrogen (secondary N) is 2. The Morgan fingerprint density at radius 2 is 1.86 bits per heavy atom. The molecular weight excluding hydrogens is 260 g/mol. The van der Waals surface area contributed by atoms with Crippen LogP contribution < -0.4 is 5.32 Å². The van der Waals surface area contributed by atoms with Gasteiger partial charge in [-0.25, -0.2) is 9.97 Å². The van der Waals surface area contributed by atoms with Crippen molar-refractivity contribution in [2.45, 2.75) is 32.6 Å². The van der Waals surface area contributed by atoms with Gasteiger partial charge < -0.3 is 10.3 Å². The highest BCUT2D eigenvalue weighted by Crippen LogP contribution is 2.32. The van der Waals surface area contributed by atoms with Gasteiger partial charge >= 0.3 is 0 Å². The molecule has 0 aliphatic heterocycles. The highest BCUT2D eigenvalue weighted by Gasteiger charge is 2.19. The van der Waals surface area contributed by atoms with Crippen LogP contribution >= 0.6 is 0 Å². The van der Waals surface area contributed by atoms with E-state index in [0.29, 0.717) is 0 Å². The average molecular weight is 278 g/mol. The molecule has 0 saturated heterocycles. The molecule has 1 aliphatic rings. The zero-order valence-electron chi connectivity index (χ0n) is 12.1. The Hall–Kier alpha value is -2.36. The van der Waals surface area contributed by atoms with E-state index in [9.17, 15) is 0 Å². The Morgan fingerprint density at radius 3 is 2.71 bits per heavy atom. The second-order valence-corrected chi connectivity index (χ2v) is 5.73. The largest absolute Gasteiger partial charge is 0.343 e. The Bertz CT molecular complexity index is 786. The minimum atomic E-state index is 0.906. The lowest BCUT2D eigenvalue weighted by molar-refractivity contribution is 0.680. The van der Waals surface area contributed by atoms with Gasteiger partial charge in [-0.3, -0.25) is 0 Å². The number of nitrogens with zero attached hydrogens (tertiary/aromatic N) is 2.